The van der Waals surface area contributed by atoms with E-state index in [2.05, 4.69) is 38.2 Å². The highest BCUT2D eigenvalue weighted by Crippen LogP contribution is 2.54. The zero-order valence-electron chi connectivity index (χ0n) is 11.0. The molecule has 2 atom stereocenters. The average Bonchev–Trinajstić information content (AvgIpc) is 2.87. The molecule has 0 saturated heterocycles. The van der Waals surface area contributed by atoms with Crippen molar-refractivity contribution in [3.05, 3.63) is 34.9 Å². The summed E-state index contributed by atoms with van der Waals surface area (Å²) < 4.78 is 0. The lowest BCUT2D eigenvalue weighted by Crippen LogP contribution is -2.34. The largest absolute Gasteiger partial charge is 0.314 e. The van der Waals surface area contributed by atoms with E-state index in [9.17, 15) is 0 Å². The van der Waals surface area contributed by atoms with Gasteiger partial charge in [-0.25, -0.2) is 0 Å². The van der Waals surface area contributed by atoms with E-state index in [4.69, 9.17) is 11.6 Å². The molecule has 94 valence electrons. The van der Waals surface area contributed by atoms with Gasteiger partial charge in [-0.05, 0) is 48.4 Å². The van der Waals surface area contributed by atoms with Crippen molar-refractivity contribution in [2.24, 2.45) is 11.3 Å². The quantitative estimate of drug-likeness (QED) is 0.837. The first-order chi connectivity index (χ1) is 8.03. The zero-order valence-corrected chi connectivity index (χ0v) is 11.7. The van der Waals surface area contributed by atoms with Gasteiger partial charge < -0.3 is 5.32 Å². The standard InChI is InChI=1S/C15H22ClN/c1-4-17-14(13-10-15(13,2)3)9-11-6-5-7-12(16)8-11/h5-8,13-14,17H,4,9-10H2,1-3H3. The van der Waals surface area contributed by atoms with Crippen LogP contribution in [0.15, 0.2) is 24.3 Å². The molecule has 1 nitrogen and oxygen atoms in total. The Morgan fingerprint density at radius 1 is 1.47 bits per heavy atom. The first-order valence-electron chi connectivity index (χ1n) is 6.51. The van der Waals surface area contributed by atoms with E-state index in [1.54, 1.807) is 0 Å². The molecular formula is C15H22ClN. The second kappa shape index (κ2) is 4.99. The van der Waals surface area contributed by atoms with Gasteiger partial charge in [-0.2, -0.15) is 0 Å². The number of benzene rings is 1. The number of rotatable bonds is 5. The summed E-state index contributed by atoms with van der Waals surface area (Å²) in [6.07, 6.45) is 2.42. The maximum Gasteiger partial charge on any atom is 0.0408 e. The molecule has 2 rings (SSSR count). The van der Waals surface area contributed by atoms with E-state index in [0.717, 1.165) is 23.9 Å². The highest BCUT2D eigenvalue weighted by molar-refractivity contribution is 6.30. The summed E-state index contributed by atoms with van der Waals surface area (Å²) in [5, 5.41) is 4.47. The molecule has 1 aromatic rings. The Morgan fingerprint density at radius 2 is 2.18 bits per heavy atom. The Morgan fingerprint density at radius 3 is 2.71 bits per heavy atom. The van der Waals surface area contributed by atoms with Gasteiger partial charge in [-0.3, -0.25) is 0 Å². The third kappa shape index (κ3) is 3.23. The van der Waals surface area contributed by atoms with Gasteiger partial charge >= 0.3 is 0 Å². The lowest BCUT2D eigenvalue weighted by atomic mass is 9.97. The van der Waals surface area contributed by atoms with E-state index in [1.165, 1.54) is 12.0 Å². The molecule has 0 bridgehead atoms. The SMILES string of the molecule is CCNC(Cc1cccc(Cl)c1)C1CC1(C)C. The molecule has 0 aliphatic heterocycles. The monoisotopic (exact) mass is 251 g/mol. The molecule has 0 spiro atoms. The molecule has 1 N–H and O–H groups in total. The summed E-state index contributed by atoms with van der Waals surface area (Å²) in [6, 6.07) is 8.83. The van der Waals surface area contributed by atoms with Gasteiger partial charge in [0.2, 0.25) is 0 Å². The lowest BCUT2D eigenvalue weighted by molar-refractivity contribution is 0.409. The first-order valence-corrected chi connectivity index (χ1v) is 6.88. The summed E-state index contributed by atoms with van der Waals surface area (Å²) in [5.41, 5.74) is 1.86. The number of halogens is 1. The summed E-state index contributed by atoms with van der Waals surface area (Å²) in [6.45, 7) is 7.94. The molecule has 1 saturated carbocycles. The van der Waals surface area contributed by atoms with Crippen LogP contribution in [0.2, 0.25) is 5.02 Å². The van der Waals surface area contributed by atoms with E-state index in [0.29, 0.717) is 11.5 Å². The van der Waals surface area contributed by atoms with Crippen LogP contribution in [0.1, 0.15) is 32.8 Å². The van der Waals surface area contributed by atoms with Crippen LogP contribution >= 0.6 is 11.6 Å². The number of nitrogens with one attached hydrogen (secondary N) is 1. The maximum absolute atomic E-state index is 6.04. The summed E-state index contributed by atoms with van der Waals surface area (Å²) in [5.74, 6) is 0.807. The molecule has 1 aromatic carbocycles. The number of hydrogen-bond acceptors (Lipinski definition) is 1. The normalized spacial score (nSPS) is 23.4. The van der Waals surface area contributed by atoms with Crippen LogP contribution in [0.25, 0.3) is 0 Å². The second-order valence-electron chi connectivity index (χ2n) is 5.80. The van der Waals surface area contributed by atoms with Gasteiger partial charge in [0.25, 0.3) is 0 Å². The molecule has 2 heteroatoms. The predicted octanol–water partition coefficient (Wildman–Crippen LogP) is 3.91. The fraction of sp³-hybridized carbons (Fsp3) is 0.600. The van der Waals surface area contributed by atoms with Gasteiger partial charge in [-0.15, -0.1) is 0 Å². The Balaban J connectivity index is 2.03. The van der Waals surface area contributed by atoms with E-state index >= 15 is 0 Å². The van der Waals surface area contributed by atoms with Crippen LogP contribution in [0, 0.1) is 11.3 Å². The van der Waals surface area contributed by atoms with Crippen molar-refractivity contribution in [2.75, 3.05) is 6.54 Å². The minimum atomic E-state index is 0.519. The molecule has 17 heavy (non-hydrogen) atoms. The second-order valence-corrected chi connectivity index (χ2v) is 6.23. The van der Waals surface area contributed by atoms with Gasteiger partial charge in [0.05, 0.1) is 0 Å². The molecule has 0 amide bonds. The van der Waals surface area contributed by atoms with Crippen LogP contribution in [0.3, 0.4) is 0 Å². The molecule has 0 heterocycles. The van der Waals surface area contributed by atoms with Crippen molar-refractivity contribution >= 4 is 11.6 Å². The van der Waals surface area contributed by atoms with Crippen LogP contribution in [-0.4, -0.2) is 12.6 Å². The zero-order chi connectivity index (χ0) is 12.5. The van der Waals surface area contributed by atoms with Crippen LogP contribution in [0.5, 0.6) is 0 Å². The van der Waals surface area contributed by atoms with Crippen molar-refractivity contribution < 1.29 is 0 Å². The number of hydrogen-bond donors (Lipinski definition) is 1. The summed E-state index contributed by atoms with van der Waals surface area (Å²) >= 11 is 6.04. The van der Waals surface area contributed by atoms with Gasteiger partial charge in [0.1, 0.15) is 0 Å². The summed E-state index contributed by atoms with van der Waals surface area (Å²) in [7, 11) is 0. The lowest BCUT2D eigenvalue weighted by Gasteiger charge is -2.20. The van der Waals surface area contributed by atoms with E-state index in [-0.39, 0.29) is 0 Å². The highest BCUT2D eigenvalue weighted by Gasteiger charge is 2.49. The molecule has 1 aliphatic carbocycles. The molecule has 2 unspecified atom stereocenters. The molecule has 1 fully saturated rings. The highest BCUT2D eigenvalue weighted by atomic mass is 35.5. The van der Waals surface area contributed by atoms with Gasteiger partial charge in [-0.1, -0.05) is 44.5 Å². The maximum atomic E-state index is 6.04. The first kappa shape index (κ1) is 12.9. The molecule has 0 radical (unpaired) electrons. The Hall–Kier alpha value is -0.530. The van der Waals surface area contributed by atoms with E-state index < -0.39 is 0 Å². The fourth-order valence-electron chi connectivity index (χ4n) is 2.73. The van der Waals surface area contributed by atoms with Crippen molar-refractivity contribution in [3.63, 3.8) is 0 Å². The predicted molar refractivity (Wildman–Crippen MR) is 74.5 cm³/mol. The van der Waals surface area contributed by atoms with Crippen molar-refractivity contribution in [3.8, 4) is 0 Å². The van der Waals surface area contributed by atoms with Gasteiger partial charge in [0.15, 0.2) is 0 Å². The third-order valence-electron chi connectivity index (χ3n) is 3.89. The topological polar surface area (TPSA) is 12.0 Å². The fourth-order valence-corrected chi connectivity index (χ4v) is 2.94. The van der Waals surface area contributed by atoms with Crippen LogP contribution < -0.4 is 5.32 Å². The van der Waals surface area contributed by atoms with E-state index in [1.807, 2.05) is 12.1 Å². The minimum absolute atomic E-state index is 0.519. The van der Waals surface area contributed by atoms with Crippen molar-refractivity contribution in [1.29, 1.82) is 0 Å². The number of likely N-dealkylation sites (N-methyl/N-ethyl adjacent to an activating group) is 1. The molecular weight excluding hydrogens is 230 g/mol. The minimum Gasteiger partial charge on any atom is -0.314 e. The average molecular weight is 252 g/mol. The van der Waals surface area contributed by atoms with Crippen molar-refractivity contribution in [2.45, 2.75) is 39.7 Å². The van der Waals surface area contributed by atoms with Crippen LogP contribution in [-0.2, 0) is 6.42 Å². The Labute approximate surface area is 110 Å². The van der Waals surface area contributed by atoms with Crippen molar-refractivity contribution in [1.82, 2.24) is 5.32 Å². The Bertz CT molecular complexity index is 386. The smallest absolute Gasteiger partial charge is 0.0408 e. The van der Waals surface area contributed by atoms with Gasteiger partial charge in [0, 0.05) is 11.1 Å². The Kier molecular flexibility index (Phi) is 3.79. The molecule has 0 aromatic heterocycles. The molecule has 1 aliphatic rings. The third-order valence-corrected chi connectivity index (χ3v) is 4.12. The van der Waals surface area contributed by atoms with Crippen LogP contribution in [0.4, 0.5) is 0 Å². The summed E-state index contributed by atoms with van der Waals surface area (Å²) in [4.78, 5) is 0.